The molecule has 0 aliphatic rings. The van der Waals surface area contributed by atoms with Crippen molar-refractivity contribution in [3.05, 3.63) is 29.6 Å². The molecule has 0 aliphatic heterocycles. The van der Waals surface area contributed by atoms with Crippen LogP contribution in [0.1, 0.15) is 10.4 Å². The first-order valence-electron chi connectivity index (χ1n) is 4.97. The van der Waals surface area contributed by atoms with Gasteiger partial charge in [-0.25, -0.2) is 9.18 Å². The van der Waals surface area contributed by atoms with Gasteiger partial charge in [-0.2, -0.15) is 0 Å². The predicted molar refractivity (Wildman–Crippen MR) is 58.9 cm³/mol. The Morgan fingerprint density at radius 3 is 2.61 bits per heavy atom. The van der Waals surface area contributed by atoms with E-state index in [1.165, 1.54) is 19.2 Å². The van der Waals surface area contributed by atoms with Crippen LogP contribution in [0.5, 0.6) is 5.75 Å². The molecule has 1 rings (SSSR count). The minimum Gasteiger partial charge on any atom is -0.497 e. The van der Waals surface area contributed by atoms with Gasteiger partial charge in [0, 0.05) is 6.07 Å². The predicted octanol–water partition coefficient (Wildman–Crippen LogP) is 0.00960. The van der Waals surface area contributed by atoms with Gasteiger partial charge in [0.2, 0.25) is 0 Å². The quantitative estimate of drug-likeness (QED) is 0.690. The lowest BCUT2D eigenvalue weighted by atomic mass is 10.1. The highest BCUT2D eigenvalue weighted by Crippen LogP contribution is 2.16. The summed E-state index contributed by atoms with van der Waals surface area (Å²) in [5.74, 6) is -2.92. The molecule has 3 N–H and O–H groups in total. The number of halogens is 1. The maximum atomic E-state index is 13.5. The van der Waals surface area contributed by atoms with Gasteiger partial charge in [-0.05, 0) is 12.1 Å². The Kier molecular flexibility index (Phi) is 4.61. The van der Waals surface area contributed by atoms with Crippen molar-refractivity contribution in [3.63, 3.8) is 0 Å². The number of amides is 1. The van der Waals surface area contributed by atoms with Crippen molar-refractivity contribution < 1.29 is 28.9 Å². The van der Waals surface area contributed by atoms with Crippen molar-refractivity contribution in [1.82, 2.24) is 5.32 Å². The van der Waals surface area contributed by atoms with Crippen LogP contribution < -0.4 is 10.1 Å². The Balaban J connectivity index is 2.87. The molecular formula is C11H12FNO5. The van der Waals surface area contributed by atoms with E-state index < -0.39 is 30.3 Å². The minimum atomic E-state index is -1.47. The zero-order valence-electron chi connectivity index (χ0n) is 9.51. The van der Waals surface area contributed by atoms with Crippen molar-refractivity contribution >= 4 is 11.9 Å². The molecule has 18 heavy (non-hydrogen) atoms. The molecule has 0 bridgehead atoms. The summed E-state index contributed by atoms with van der Waals surface area (Å²) in [7, 11) is 1.35. The van der Waals surface area contributed by atoms with Crippen LogP contribution >= 0.6 is 0 Å². The monoisotopic (exact) mass is 257 g/mol. The molecule has 0 saturated carbocycles. The molecule has 98 valence electrons. The van der Waals surface area contributed by atoms with Crippen molar-refractivity contribution in [2.75, 3.05) is 13.7 Å². The Morgan fingerprint density at radius 1 is 1.50 bits per heavy atom. The number of rotatable bonds is 5. The fraction of sp³-hybridized carbons (Fsp3) is 0.273. The summed E-state index contributed by atoms with van der Waals surface area (Å²) in [4.78, 5) is 22.2. The number of carbonyl (C=O) groups excluding carboxylic acids is 1. The zero-order chi connectivity index (χ0) is 13.7. The number of hydrogen-bond donors (Lipinski definition) is 3. The molecule has 0 spiro atoms. The lowest BCUT2D eigenvalue weighted by Crippen LogP contribution is -2.43. The van der Waals surface area contributed by atoms with Crippen LogP contribution in [0.25, 0.3) is 0 Å². The van der Waals surface area contributed by atoms with E-state index in [4.69, 9.17) is 14.9 Å². The molecule has 0 fully saturated rings. The maximum Gasteiger partial charge on any atom is 0.328 e. The molecule has 0 saturated heterocycles. The molecule has 0 aliphatic carbocycles. The summed E-state index contributed by atoms with van der Waals surface area (Å²) in [5.41, 5.74) is -0.324. The van der Waals surface area contributed by atoms with Gasteiger partial charge >= 0.3 is 5.97 Å². The molecule has 0 heterocycles. The van der Waals surface area contributed by atoms with Gasteiger partial charge in [0.25, 0.3) is 5.91 Å². The third-order valence-electron chi connectivity index (χ3n) is 2.21. The van der Waals surface area contributed by atoms with Gasteiger partial charge in [-0.15, -0.1) is 0 Å². The number of aliphatic hydroxyl groups excluding tert-OH is 1. The second-order valence-corrected chi connectivity index (χ2v) is 3.39. The zero-order valence-corrected chi connectivity index (χ0v) is 9.51. The van der Waals surface area contributed by atoms with Crippen LogP contribution in [0, 0.1) is 5.82 Å². The van der Waals surface area contributed by atoms with Crippen LogP contribution in [0.15, 0.2) is 18.2 Å². The molecule has 6 nitrogen and oxygen atoms in total. The third kappa shape index (κ3) is 3.17. The molecule has 7 heteroatoms. The topological polar surface area (TPSA) is 95.9 Å². The molecule has 0 aromatic heterocycles. The number of hydrogen-bond acceptors (Lipinski definition) is 4. The highest BCUT2D eigenvalue weighted by atomic mass is 19.1. The number of benzene rings is 1. The summed E-state index contributed by atoms with van der Waals surface area (Å²) in [6.45, 7) is -0.779. The Hall–Kier alpha value is -2.15. The van der Waals surface area contributed by atoms with Gasteiger partial charge in [0.05, 0.1) is 19.3 Å². The van der Waals surface area contributed by atoms with Crippen LogP contribution in [0.3, 0.4) is 0 Å². The normalized spacial score (nSPS) is 11.7. The molecule has 1 atom stereocenters. The average Bonchev–Trinajstić information content (AvgIpc) is 2.34. The van der Waals surface area contributed by atoms with Crippen molar-refractivity contribution in [2.24, 2.45) is 0 Å². The number of carbonyl (C=O) groups is 2. The van der Waals surface area contributed by atoms with E-state index in [9.17, 15) is 14.0 Å². The second-order valence-electron chi connectivity index (χ2n) is 3.39. The number of aliphatic hydroxyl groups is 1. The average molecular weight is 257 g/mol. The number of carboxylic acid groups (broad SMARTS) is 1. The first-order chi connectivity index (χ1) is 8.49. The fourth-order valence-corrected chi connectivity index (χ4v) is 1.23. The summed E-state index contributed by atoms with van der Waals surface area (Å²) < 4.78 is 18.3. The van der Waals surface area contributed by atoms with Gasteiger partial charge in [0.15, 0.2) is 6.04 Å². The van der Waals surface area contributed by atoms with E-state index in [1.54, 1.807) is 0 Å². The number of aliphatic carboxylic acids is 1. The van der Waals surface area contributed by atoms with Crippen LogP contribution in [-0.2, 0) is 4.79 Å². The summed E-state index contributed by atoms with van der Waals surface area (Å²) >= 11 is 0. The number of ether oxygens (including phenoxy) is 1. The fourth-order valence-electron chi connectivity index (χ4n) is 1.23. The van der Waals surface area contributed by atoms with E-state index in [-0.39, 0.29) is 11.3 Å². The van der Waals surface area contributed by atoms with Crippen molar-refractivity contribution in [3.8, 4) is 5.75 Å². The van der Waals surface area contributed by atoms with Crippen LogP contribution in [0.4, 0.5) is 4.39 Å². The van der Waals surface area contributed by atoms with Gasteiger partial charge < -0.3 is 20.3 Å². The number of nitrogens with one attached hydrogen (secondary N) is 1. The minimum absolute atomic E-state index is 0.237. The largest absolute Gasteiger partial charge is 0.497 e. The highest BCUT2D eigenvalue weighted by Gasteiger charge is 2.21. The van der Waals surface area contributed by atoms with E-state index in [0.29, 0.717) is 0 Å². The van der Waals surface area contributed by atoms with Crippen LogP contribution in [-0.4, -0.2) is 41.8 Å². The number of methoxy groups -OCH3 is 1. The van der Waals surface area contributed by atoms with Gasteiger partial charge in [0.1, 0.15) is 11.6 Å². The molecule has 0 radical (unpaired) electrons. The van der Waals surface area contributed by atoms with E-state index in [0.717, 1.165) is 6.07 Å². The molecular weight excluding hydrogens is 245 g/mol. The summed E-state index contributed by atoms with van der Waals surface area (Å²) in [5, 5.41) is 19.4. The Bertz CT molecular complexity index is 463. The Labute approximate surface area is 102 Å². The SMILES string of the molecule is COc1ccc(C(=O)N[C@H](CO)C(=O)O)c(F)c1. The highest BCUT2D eigenvalue weighted by molar-refractivity contribution is 5.96. The molecule has 0 unspecified atom stereocenters. The van der Waals surface area contributed by atoms with Gasteiger partial charge in [-0.1, -0.05) is 0 Å². The summed E-state index contributed by atoms with van der Waals surface area (Å²) in [6.07, 6.45) is 0. The first kappa shape index (κ1) is 13.9. The smallest absolute Gasteiger partial charge is 0.328 e. The number of carboxylic acids is 1. The van der Waals surface area contributed by atoms with E-state index in [1.807, 2.05) is 5.32 Å². The van der Waals surface area contributed by atoms with Gasteiger partial charge in [-0.3, -0.25) is 4.79 Å². The van der Waals surface area contributed by atoms with Crippen molar-refractivity contribution in [2.45, 2.75) is 6.04 Å². The Morgan fingerprint density at radius 2 is 2.17 bits per heavy atom. The molecule has 1 aromatic rings. The standard InChI is InChI=1S/C11H12FNO5/c1-18-6-2-3-7(8(12)4-6)10(15)13-9(5-14)11(16)17/h2-4,9,14H,5H2,1H3,(H,13,15)(H,16,17)/t9-/m1/s1. The van der Waals surface area contributed by atoms with Crippen molar-refractivity contribution in [1.29, 1.82) is 0 Å². The lowest BCUT2D eigenvalue weighted by Gasteiger charge is -2.12. The lowest BCUT2D eigenvalue weighted by molar-refractivity contribution is -0.140. The second kappa shape index (κ2) is 5.97. The van der Waals surface area contributed by atoms with Crippen LogP contribution in [0.2, 0.25) is 0 Å². The van der Waals surface area contributed by atoms with E-state index >= 15 is 0 Å². The summed E-state index contributed by atoms with van der Waals surface area (Å²) in [6, 6.07) is 2.06. The first-order valence-corrected chi connectivity index (χ1v) is 4.97. The molecule has 1 amide bonds. The molecule has 1 aromatic carbocycles. The van der Waals surface area contributed by atoms with E-state index in [2.05, 4.69) is 0 Å². The third-order valence-corrected chi connectivity index (χ3v) is 2.21. The maximum absolute atomic E-state index is 13.5.